The molecule has 118 valence electrons. The Hall–Kier alpha value is -2.35. The van der Waals surface area contributed by atoms with Gasteiger partial charge < -0.3 is 5.32 Å². The van der Waals surface area contributed by atoms with Crippen LogP contribution in [0, 0.1) is 0 Å². The SMILES string of the molecule is O=C(C=C1CCC(c2ccccc2)CC1)NCc1ccccc1. The summed E-state index contributed by atoms with van der Waals surface area (Å²) >= 11 is 0. The molecule has 1 amide bonds. The molecule has 3 rings (SSSR count). The third-order valence-electron chi connectivity index (χ3n) is 4.54. The van der Waals surface area contributed by atoms with Gasteiger partial charge in [-0.3, -0.25) is 4.79 Å². The maximum atomic E-state index is 12.0. The van der Waals surface area contributed by atoms with Crippen LogP contribution in [0.2, 0.25) is 0 Å². The van der Waals surface area contributed by atoms with Crippen molar-refractivity contribution >= 4 is 5.91 Å². The summed E-state index contributed by atoms with van der Waals surface area (Å²) in [5, 5.41) is 2.97. The summed E-state index contributed by atoms with van der Waals surface area (Å²) in [6.45, 7) is 0.593. The molecular weight excluding hydrogens is 282 g/mol. The lowest BCUT2D eigenvalue weighted by atomic mass is 9.81. The van der Waals surface area contributed by atoms with Crippen molar-refractivity contribution in [3.8, 4) is 0 Å². The van der Waals surface area contributed by atoms with E-state index in [0.29, 0.717) is 12.5 Å². The number of allylic oxidation sites excluding steroid dienone is 1. The van der Waals surface area contributed by atoms with E-state index in [-0.39, 0.29) is 5.91 Å². The Bertz CT molecular complexity index is 651. The molecule has 0 aromatic heterocycles. The summed E-state index contributed by atoms with van der Waals surface area (Å²) in [6, 6.07) is 20.7. The Kier molecular flexibility index (Phi) is 5.25. The standard InChI is InChI=1S/C21H23NO/c23-21(22-16-18-7-3-1-4-8-18)15-17-11-13-20(14-12-17)19-9-5-2-6-10-19/h1-10,15,20H,11-14,16H2,(H,22,23). The van der Waals surface area contributed by atoms with Gasteiger partial charge >= 0.3 is 0 Å². The molecule has 2 aromatic rings. The Labute approximate surface area is 138 Å². The molecule has 2 aromatic carbocycles. The molecule has 1 aliphatic carbocycles. The Morgan fingerprint density at radius 1 is 0.957 bits per heavy atom. The van der Waals surface area contributed by atoms with Crippen molar-refractivity contribution in [3.63, 3.8) is 0 Å². The first-order valence-corrected chi connectivity index (χ1v) is 8.37. The molecule has 0 heterocycles. The highest BCUT2D eigenvalue weighted by atomic mass is 16.1. The van der Waals surface area contributed by atoms with Gasteiger partial charge in [0.05, 0.1) is 0 Å². The van der Waals surface area contributed by atoms with Crippen LogP contribution in [0.15, 0.2) is 72.3 Å². The van der Waals surface area contributed by atoms with E-state index in [1.54, 1.807) is 0 Å². The number of benzene rings is 2. The van der Waals surface area contributed by atoms with Gasteiger partial charge in [-0.15, -0.1) is 0 Å². The molecular formula is C21H23NO. The third-order valence-corrected chi connectivity index (χ3v) is 4.54. The van der Waals surface area contributed by atoms with Crippen LogP contribution in [0.3, 0.4) is 0 Å². The van der Waals surface area contributed by atoms with Gasteiger partial charge in [-0.25, -0.2) is 0 Å². The number of rotatable bonds is 4. The molecule has 0 unspecified atom stereocenters. The first-order chi connectivity index (χ1) is 11.3. The van der Waals surface area contributed by atoms with E-state index in [1.807, 2.05) is 36.4 Å². The van der Waals surface area contributed by atoms with Gasteiger partial charge in [0, 0.05) is 12.6 Å². The molecule has 0 bridgehead atoms. The van der Waals surface area contributed by atoms with Gasteiger partial charge in [-0.1, -0.05) is 66.2 Å². The molecule has 2 nitrogen and oxygen atoms in total. The largest absolute Gasteiger partial charge is 0.348 e. The van der Waals surface area contributed by atoms with Crippen LogP contribution in [-0.4, -0.2) is 5.91 Å². The van der Waals surface area contributed by atoms with Gasteiger partial charge in [0.1, 0.15) is 0 Å². The predicted molar refractivity (Wildman–Crippen MR) is 94.0 cm³/mol. The number of amides is 1. The summed E-state index contributed by atoms with van der Waals surface area (Å²) in [7, 11) is 0. The van der Waals surface area contributed by atoms with E-state index in [9.17, 15) is 4.79 Å². The quantitative estimate of drug-likeness (QED) is 0.823. The second kappa shape index (κ2) is 7.77. The molecule has 0 spiro atoms. The molecule has 0 aliphatic heterocycles. The summed E-state index contributed by atoms with van der Waals surface area (Å²) < 4.78 is 0. The molecule has 1 N–H and O–H groups in total. The van der Waals surface area contributed by atoms with Crippen LogP contribution >= 0.6 is 0 Å². The second-order valence-corrected chi connectivity index (χ2v) is 6.19. The van der Waals surface area contributed by atoms with Gasteiger partial charge in [0.25, 0.3) is 0 Å². The highest BCUT2D eigenvalue weighted by molar-refractivity contribution is 5.88. The fourth-order valence-electron chi connectivity index (χ4n) is 3.21. The number of nitrogens with one attached hydrogen (secondary N) is 1. The number of carbonyl (C=O) groups excluding carboxylic acids is 1. The summed E-state index contributed by atoms with van der Waals surface area (Å²) in [6.07, 6.45) is 6.14. The van der Waals surface area contributed by atoms with Gasteiger partial charge in [0.15, 0.2) is 0 Å². The highest BCUT2D eigenvalue weighted by Gasteiger charge is 2.18. The average molecular weight is 305 g/mol. The number of hydrogen-bond acceptors (Lipinski definition) is 1. The number of hydrogen-bond donors (Lipinski definition) is 1. The summed E-state index contributed by atoms with van der Waals surface area (Å²) in [5.74, 6) is 0.669. The van der Waals surface area contributed by atoms with Gasteiger partial charge in [-0.2, -0.15) is 0 Å². The van der Waals surface area contributed by atoms with Crippen molar-refractivity contribution in [2.45, 2.75) is 38.1 Å². The Morgan fingerprint density at radius 2 is 1.57 bits per heavy atom. The maximum Gasteiger partial charge on any atom is 0.244 e. The monoisotopic (exact) mass is 305 g/mol. The minimum absolute atomic E-state index is 0.0296. The molecule has 1 fully saturated rings. The lowest BCUT2D eigenvalue weighted by molar-refractivity contribution is -0.116. The van der Waals surface area contributed by atoms with E-state index in [0.717, 1.165) is 31.2 Å². The zero-order valence-corrected chi connectivity index (χ0v) is 13.4. The highest BCUT2D eigenvalue weighted by Crippen LogP contribution is 2.35. The smallest absolute Gasteiger partial charge is 0.244 e. The van der Waals surface area contributed by atoms with Crippen LogP contribution in [0.4, 0.5) is 0 Å². The van der Waals surface area contributed by atoms with Gasteiger partial charge in [0.2, 0.25) is 5.91 Å². The molecule has 0 atom stereocenters. The van der Waals surface area contributed by atoms with Crippen molar-refractivity contribution in [3.05, 3.63) is 83.4 Å². The van der Waals surface area contributed by atoms with Crippen LogP contribution in [0.25, 0.3) is 0 Å². The van der Waals surface area contributed by atoms with E-state index in [1.165, 1.54) is 11.1 Å². The number of carbonyl (C=O) groups is 1. The minimum Gasteiger partial charge on any atom is -0.348 e. The second-order valence-electron chi connectivity index (χ2n) is 6.19. The summed E-state index contributed by atoms with van der Waals surface area (Å²) in [5.41, 5.74) is 3.84. The topological polar surface area (TPSA) is 29.1 Å². The lowest BCUT2D eigenvalue weighted by Crippen LogP contribution is -2.21. The molecule has 23 heavy (non-hydrogen) atoms. The third kappa shape index (κ3) is 4.56. The van der Waals surface area contributed by atoms with Crippen LogP contribution < -0.4 is 5.32 Å². The van der Waals surface area contributed by atoms with Crippen molar-refractivity contribution in [2.75, 3.05) is 0 Å². The molecule has 2 heteroatoms. The van der Waals surface area contributed by atoms with Crippen molar-refractivity contribution < 1.29 is 4.79 Å². The molecule has 1 aliphatic rings. The van der Waals surface area contributed by atoms with E-state index in [4.69, 9.17) is 0 Å². The van der Waals surface area contributed by atoms with Gasteiger partial charge in [-0.05, 0) is 42.7 Å². The fourth-order valence-corrected chi connectivity index (χ4v) is 3.21. The van der Waals surface area contributed by atoms with E-state index >= 15 is 0 Å². The van der Waals surface area contributed by atoms with E-state index < -0.39 is 0 Å². The predicted octanol–water partition coefficient (Wildman–Crippen LogP) is 4.59. The minimum atomic E-state index is 0.0296. The Balaban J connectivity index is 1.49. The van der Waals surface area contributed by atoms with E-state index in [2.05, 4.69) is 35.6 Å². The lowest BCUT2D eigenvalue weighted by Gasteiger charge is -2.24. The first kappa shape index (κ1) is 15.5. The summed E-state index contributed by atoms with van der Waals surface area (Å²) in [4.78, 5) is 12.0. The van der Waals surface area contributed by atoms with Crippen LogP contribution in [0.5, 0.6) is 0 Å². The van der Waals surface area contributed by atoms with Crippen molar-refractivity contribution in [1.82, 2.24) is 5.32 Å². The van der Waals surface area contributed by atoms with Crippen LogP contribution in [0.1, 0.15) is 42.7 Å². The molecule has 0 saturated heterocycles. The average Bonchev–Trinajstić information content (AvgIpc) is 2.62. The fraction of sp³-hybridized carbons (Fsp3) is 0.286. The zero-order chi connectivity index (χ0) is 15.9. The maximum absolute atomic E-state index is 12.0. The van der Waals surface area contributed by atoms with Crippen molar-refractivity contribution in [1.29, 1.82) is 0 Å². The zero-order valence-electron chi connectivity index (χ0n) is 13.4. The molecule has 1 saturated carbocycles. The van der Waals surface area contributed by atoms with Crippen LogP contribution in [-0.2, 0) is 11.3 Å². The first-order valence-electron chi connectivity index (χ1n) is 8.37. The normalized spacial score (nSPS) is 17.6. The Morgan fingerprint density at radius 3 is 2.22 bits per heavy atom. The molecule has 0 radical (unpaired) electrons. The van der Waals surface area contributed by atoms with Crippen molar-refractivity contribution in [2.24, 2.45) is 0 Å².